The van der Waals surface area contributed by atoms with Gasteiger partial charge in [-0.2, -0.15) is 49.8 Å². The molecule has 3 saturated heterocycles. The lowest BCUT2D eigenvalue weighted by molar-refractivity contribution is -0.136. The minimum absolute atomic E-state index is 0.0993. The number of aryl methyl sites for hydroxylation is 4. The van der Waals surface area contributed by atoms with Crippen LogP contribution in [0.15, 0.2) is 122 Å². The number of nitrogens with zero attached hydrogens (tertiary/aromatic N) is 20. The molecule has 9 aliphatic rings. The predicted octanol–water partition coefficient (Wildman–Crippen LogP) is 13.1. The quantitative estimate of drug-likeness (QED) is 0.0153. The first-order valence-electron chi connectivity index (χ1n) is 47.4. The molecule has 34 nitrogen and oxygen atoms in total. The number of ether oxygens (including phenoxy) is 7. The number of nitrogens with two attached hydrogens (primary N) is 5. The third-order valence-electron chi connectivity index (χ3n) is 24.8. The van der Waals surface area contributed by atoms with E-state index in [2.05, 4.69) is 148 Å². The number of amides is 1. The monoisotopic (exact) mass is 1830 g/mol. The topological polar surface area (TPSA) is 429 Å². The average Bonchev–Trinajstić information content (AvgIpc) is 0.791. The second-order valence-electron chi connectivity index (χ2n) is 36.5. The predicted molar refractivity (Wildman–Crippen MR) is 521 cm³/mol. The average molecular weight is 1830 g/mol. The third kappa shape index (κ3) is 27.0. The van der Waals surface area contributed by atoms with Crippen molar-refractivity contribution in [2.75, 3.05) is 158 Å². The Morgan fingerprint density at radius 1 is 0.403 bits per heavy atom. The summed E-state index contributed by atoms with van der Waals surface area (Å²) < 4.78 is 39.6. The van der Waals surface area contributed by atoms with Crippen LogP contribution in [-0.2, 0) is 77.3 Å². The maximum Gasteiger partial charge on any atom is 0.320 e. The zero-order valence-corrected chi connectivity index (χ0v) is 79.1. The first-order valence-corrected chi connectivity index (χ1v) is 47.4. The Hall–Kier alpha value is -12.8. The number of ketones is 1. The van der Waals surface area contributed by atoms with E-state index in [1.807, 2.05) is 83.5 Å². The van der Waals surface area contributed by atoms with Crippen LogP contribution in [0.25, 0.3) is 0 Å². The summed E-state index contributed by atoms with van der Waals surface area (Å²) in [6, 6.07) is 17.5. The largest absolute Gasteiger partial charge is 0.463 e. The molecule has 9 aromatic rings. The number of aromatic nitrogens is 14. The van der Waals surface area contributed by atoms with Crippen molar-refractivity contribution in [3.8, 4) is 30.1 Å². The Labute approximate surface area is 786 Å². The van der Waals surface area contributed by atoms with Crippen LogP contribution in [0.5, 0.6) is 30.1 Å². The van der Waals surface area contributed by atoms with E-state index in [0.717, 1.165) is 236 Å². The van der Waals surface area contributed by atoms with Crippen LogP contribution in [0.2, 0.25) is 0 Å². The van der Waals surface area contributed by atoms with Crippen molar-refractivity contribution in [1.29, 1.82) is 0 Å². The zero-order chi connectivity index (χ0) is 94.3. The standard InChI is InChI=1S/C23H37N5O.2C20H25N5O2.C19H25N5O.C18H21N5O3/c1-3-4-13-29-23-25-21(24)20-14-17(2)15-28(22(20)26-23)12-9-18-7-10-27(11-8-18)16-19-5-6-19;1-13-7-17-18(21)23-20(27-12-16-5-6-26-11-16)24-19(17)25(9-13)10-15-4-3-14(2)22-8-15;1-13-8-17-18(21)23-20(27-12-16-4-3-7-26-16)24-19(17)25(10-13)11-15-6-5-14(2)22-9-15;1-4-5-8-25-19-22-17(20)16-9-13(2)11-24(18(16)23-19)12-15-7-6-14(3)21-10-15;1-3-4-7-26-18-21-15(19)13-8-14(24)17(25)23(16(13)22-18)10-12-6-5-11(2)20-9-12/h18-19H,2-16H2,1H3,(H2,24,25,26);3-4,8,16H,1,5-7,9-12H2,2H3,(H2,21,23,24);5-6,9,16H,1,3-4,7-8,10-12H2,2H3,(H2,21,23,24);6-7,10H,2,4-5,8-9,11-12H2,1,3H3,(H2,20,22,23);5-6,9H,3-4,7-8,10H2,1-2H3,(H2,19,21,22). The molecule has 1 saturated carbocycles. The van der Waals surface area contributed by atoms with Crippen LogP contribution in [0.4, 0.5) is 58.2 Å². The fourth-order valence-electron chi connectivity index (χ4n) is 17.0. The number of Topliss-reactive ketones (excluding diaryl/α,β-unsaturated/α-hetero) is 1. The summed E-state index contributed by atoms with van der Waals surface area (Å²) in [7, 11) is 0. The summed E-state index contributed by atoms with van der Waals surface area (Å²) in [5, 5.41) is 0. The fraction of sp³-hybridized carbons (Fsp3) is 0.500. The molecule has 0 aromatic carbocycles. The first kappa shape index (κ1) is 97.2. The second kappa shape index (κ2) is 46.7. The van der Waals surface area contributed by atoms with Crippen molar-refractivity contribution in [3.05, 3.63) is 195 Å². The number of pyridine rings is 4. The third-order valence-corrected chi connectivity index (χ3v) is 24.8. The SMILES string of the molecule is C=C1Cc2c(N)nc(OCC3CCCO3)nc2N(Cc2ccc(C)nc2)C1.C=C1Cc2c(N)nc(OCC3CCOC3)nc2N(Cc2ccc(C)nc2)C1.C=C1Cc2c(N)nc(OCCCC)nc2N(CCC2CCN(CC3CC3)CC2)C1.C=C1Cc2c(N)nc(OCCCC)nc2N(Cc2ccc(C)nc2)C1.CCCCOc1nc(N)c2c(n1)N(Cc1ccc(C)nc1)C(=O)C(=O)C2. The minimum atomic E-state index is -0.615. The van der Waals surface area contributed by atoms with Crippen molar-refractivity contribution in [3.63, 3.8) is 0 Å². The molecule has 10 N–H and O–H groups in total. The molecule has 4 fully saturated rings. The lowest BCUT2D eigenvalue weighted by atomic mass is 9.92. The number of hydrogen-bond acceptors (Lipinski definition) is 33. The Morgan fingerprint density at radius 2 is 0.776 bits per heavy atom. The van der Waals surface area contributed by atoms with Gasteiger partial charge in [-0.05, 0) is 170 Å². The van der Waals surface area contributed by atoms with Crippen molar-refractivity contribution in [2.24, 2.45) is 17.8 Å². The van der Waals surface area contributed by atoms with E-state index in [9.17, 15) is 9.59 Å². The number of hydrogen-bond donors (Lipinski definition) is 5. The fourth-order valence-corrected chi connectivity index (χ4v) is 17.0. The summed E-state index contributed by atoms with van der Waals surface area (Å²) in [4.78, 5) is 99.3. The molecule has 0 radical (unpaired) electrons. The maximum atomic E-state index is 12.5. The summed E-state index contributed by atoms with van der Waals surface area (Å²) >= 11 is 0. The number of unbranched alkanes of at least 4 members (excludes halogenated alkanes) is 3. The molecule has 17 heterocycles. The van der Waals surface area contributed by atoms with Gasteiger partial charge in [0.2, 0.25) is 5.78 Å². The van der Waals surface area contributed by atoms with E-state index in [-0.39, 0.29) is 30.9 Å². The lowest BCUT2D eigenvalue weighted by Gasteiger charge is -2.35. The van der Waals surface area contributed by atoms with Gasteiger partial charge >= 0.3 is 30.1 Å². The molecule has 2 unspecified atom stereocenters. The molecule has 0 spiro atoms. The Balaban J connectivity index is 0.000000135. The summed E-state index contributed by atoms with van der Waals surface area (Å²) in [5.74, 6) is 6.92. The van der Waals surface area contributed by atoms with E-state index in [1.165, 1.54) is 62.2 Å². The summed E-state index contributed by atoms with van der Waals surface area (Å²) in [6.07, 6.45) is 26.0. The van der Waals surface area contributed by atoms with Crippen molar-refractivity contribution in [2.45, 2.75) is 203 Å². The first-order chi connectivity index (χ1) is 64.8. The molecule has 0 bridgehead atoms. The van der Waals surface area contributed by atoms with E-state index in [1.54, 1.807) is 6.20 Å². The number of fused-ring (bicyclic) bond motifs is 5. The number of nitrogen functional groups attached to an aromatic ring is 5. The van der Waals surface area contributed by atoms with Gasteiger partial charge in [-0.3, -0.25) is 34.4 Å². The maximum absolute atomic E-state index is 12.5. The normalized spacial score (nSPS) is 17.4. The smallest absolute Gasteiger partial charge is 0.320 e. The number of piperidine rings is 1. The molecule has 134 heavy (non-hydrogen) atoms. The van der Waals surface area contributed by atoms with Crippen LogP contribution >= 0.6 is 0 Å². The summed E-state index contributed by atoms with van der Waals surface area (Å²) in [6.45, 7) is 46.0. The van der Waals surface area contributed by atoms with Gasteiger partial charge in [-0.1, -0.05) is 113 Å². The highest BCUT2D eigenvalue weighted by Crippen LogP contribution is 2.40. The second-order valence-corrected chi connectivity index (χ2v) is 36.5. The highest BCUT2D eigenvalue weighted by Gasteiger charge is 2.37. The Morgan fingerprint density at radius 3 is 1.14 bits per heavy atom. The molecule has 9 aromatic heterocycles. The number of carbonyl (C=O) groups is 2. The van der Waals surface area contributed by atoms with Crippen molar-refractivity contribution < 1.29 is 42.7 Å². The zero-order valence-electron chi connectivity index (χ0n) is 79.1. The molecule has 712 valence electrons. The van der Waals surface area contributed by atoms with Crippen LogP contribution in [-0.4, -0.2) is 198 Å². The molecular formula is C100H133N25O9. The van der Waals surface area contributed by atoms with E-state index in [0.29, 0.717) is 137 Å². The summed E-state index contributed by atoms with van der Waals surface area (Å²) in [5.41, 5.74) is 47.6. The molecule has 2 atom stereocenters. The van der Waals surface area contributed by atoms with Crippen LogP contribution < -0.4 is 76.9 Å². The van der Waals surface area contributed by atoms with Crippen LogP contribution in [0, 0.1) is 45.4 Å². The lowest BCUT2D eigenvalue weighted by Crippen LogP contribution is -2.42. The van der Waals surface area contributed by atoms with Gasteiger partial charge < -0.3 is 86.3 Å². The van der Waals surface area contributed by atoms with Gasteiger partial charge in [0.25, 0.3) is 5.91 Å². The number of carbonyl (C=O) groups excluding carboxylic acids is 2. The van der Waals surface area contributed by atoms with Crippen LogP contribution in [0.1, 0.15) is 184 Å². The number of anilines is 10. The molecule has 1 amide bonds. The van der Waals surface area contributed by atoms with Gasteiger partial charge in [0.1, 0.15) is 64.8 Å². The number of rotatable bonds is 31. The molecule has 1 aliphatic carbocycles. The Bertz CT molecular complexity index is 5390. The molecule has 8 aliphatic heterocycles. The van der Waals surface area contributed by atoms with E-state index >= 15 is 0 Å². The molecular weight excluding hydrogens is 1700 g/mol. The highest BCUT2D eigenvalue weighted by atomic mass is 16.5. The van der Waals surface area contributed by atoms with Gasteiger partial charge in [0.15, 0.2) is 0 Å². The van der Waals surface area contributed by atoms with Gasteiger partial charge in [-0.15, -0.1) is 0 Å². The number of likely N-dealkylation sites (tertiary alicyclic amines) is 1. The minimum Gasteiger partial charge on any atom is -0.463 e. The van der Waals surface area contributed by atoms with Crippen LogP contribution in [0.3, 0.4) is 0 Å². The molecule has 34 heteroatoms. The Kier molecular flexibility index (Phi) is 33.9. The molecule has 18 rings (SSSR count). The van der Waals surface area contributed by atoms with Gasteiger partial charge in [-0.25, -0.2) is 0 Å². The van der Waals surface area contributed by atoms with E-state index < -0.39 is 11.7 Å². The highest BCUT2D eigenvalue weighted by molar-refractivity contribution is 6.43. The van der Waals surface area contributed by atoms with Crippen molar-refractivity contribution >= 4 is 69.9 Å². The van der Waals surface area contributed by atoms with Gasteiger partial charge in [0.05, 0.1) is 45.7 Å². The van der Waals surface area contributed by atoms with Crippen molar-refractivity contribution in [1.82, 2.24) is 74.7 Å². The van der Waals surface area contributed by atoms with Gasteiger partial charge in [0, 0.05) is 186 Å². The van der Waals surface area contributed by atoms with E-state index in [4.69, 9.17) is 66.8 Å².